The molecule has 0 bridgehead atoms. The van der Waals surface area contributed by atoms with Crippen molar-refractivity contribution in [3.63, 3.8) is 0 Å². The molecule has 0 radical (unpaired) electrons. The normalized spacial score (nSPS) is 9.95. The van der Waals surface area contributed by atoms with Crippen LogP contribution in [-0.2, 0) is 17.8 Å². The molecule has 0 aliphatic rings. The topological polar surface area (TPSA) is 52.9 Å². The number of aryl methyl sites for hydroxylation is 1. The monoisotopic (exact) mass is 282 g/mol. The maximum atomic E-state index is 13.7. The molecule has 0 aliphatic carbocycles. The van der Waals surface area contributed by atoms with Gasteiger partial charge in [-0.25, -0.2) is 4.39 Å². The lowest BCUT2D eigenvalue weighted by molar-refractivity contribution is -0.120. The summed E-state index contributed by atoms with van der Waals surface area (Å²) in [4.78, 5) is 11.8. The van der Waals surface area contributed by atoms with Gasteiger partial charge in [0, 0.05) is 12.1 Å². The molecule has 0 atom stereocenters. The van der Waals surface area contributed by atoms with E-state index in [1.54, 1.807) is 0 Å². The van der Waals surface area contributed by atoms with Gasteiger partial charge in [0.1, 0.15) is 5.82 Å². The highest BCUT2D eigenvalue weighted by atomic mass is 19.1. The molecule has 0 saturated heterocycles. The van der Waals surface area contributed by atoms with Crippen LogP contribution in [0.3, 0.4) is 0 Å². The van der Waals surface area contributed by atoms with Crippen molar-refractivity contribution in [3.05, 3.63) is 70.5 Å². The van der Waals surface area contributed by atoms with Crippen LogP contribution in [0.4, 0.5) is 4.39 Å². The Hall–Kier alpha value is -2.67. The lowest BCUT2D eigenvalue weighted by Gasteiger charge is -2.07. The van der Waals surface area contributed by atoms with Crippen LogP contribution < -0.4 is 5.32 Å². The van der Waals surface area contributed by atoms with E-state index < -0.39 is 5.82 Å². The third kappa shape index (κ3) is 4.15. The van der Waals surface area contributed by atoms with Crippen molar-refractivity contribution in [2.24, 2.45) is 0 Å². The molecule has 106 valence electrons. The molecule has 0 aromatic heterocycles. The third-order valence-electron chi connectivity index (χ3n) is 3.11. The summed E-state index contributed by atoms with van der Waals surface area (Å²) < 4.78 is 13.7. The van der Waals surface area contributed by atoms with Crippen molar-refractivity contribution in [1.29, 1.82) is 5.26 Å². The summed E-state index contributed by atoms with van der Waals surface area (Å²) in [5.74, 6) is -0.644. The van der Waals surface area contributed by atoms with Gasteiger partial charge in [-0.3, -0.25) is 4.79 Å². The summed E-state index contributed by atoms with van der Waals surface area (Å²) in [7, 11) is 0. The number of rotatable bonds is 4. The molecule has 4 heteroatoms. The van der Waals surface area contributed by atoms with Gasteiger partial charge in [-0.05, 0) is 24.6 Å². The van der Waals surface area contributed by atoms with Gasteiger partial charge in [-0.15, -0.1) is 0 Å². The molecule has 3 nitrogen and oxygen atoms in total. The molecule has 1 N–H and O–H groups in total. The van der Waals surface area contributed by atoms with E-state index in [1.165, 1.54) is 18.2 Å². The minimum atomic E-state index is -0.482. The first-order chi connectivity index (χ1) is 10.1. The number of hydrogen-bond donors (Lipinski definition) is 1. The Labute approximate surface area is 123 Å². The van der Waals surface area contributed by atoms with Crippen molar-refractivity contribution >= 4 is 5.91 Å². The van der Waals surface area contributed by atoms with Crippen LogP contribution in [0.25, 0.3) is 0 Å². The smallest absolute Gasteiger partial charge is 0.224 e. The second kappa shape index (κ2) is 6.67. The minimum Gasteiger partial charge on any atom is -0.352 e. The van der Waals surface area contributed by atoms with E-state index in [0.717, 1.165) is 11.1 Å². The van der Waals surface area contributed by atoms with Gasteiger partial charge in [0.25, 0.3) is 0 Å². The summed E-state index contributed by atoms with van der Waals surface area (Å²) in [5.41, 5.74) is 2.65. The highest BCUT2D eigenvalue weighted by molar-refractivity contribution is 5.78. The average Bonchev–Trinajstić information content (AvgIpc) is 2.46. The van der Waals surface area contributed by atoms with Crippen LogP contribution in [0, 0.1) is 24.1 Å². The maximum absolute atomic E-state index is 13.7. The number of carbonyl (C=O) groups is 1. The number of carbonyl (C=O) groups excluding carboxylic acids is 1. The van der Waals surface area contributed by atoms with Crippen molar-refractivity contribution in [3.8, 4) is 6.07 Å². The molecule has 0 fully saturated rings. The second-order valence-electron chi connectivity index (χ2n) is 4.86. The number of halogens is 1. The number of amides is 1. The van der Waals surface area contributed by atoms with Crippen LogP contribution in [0.1, 0.15) is 22.3 Å². The minimum absolute atomic E-state index is 0.113. The van der Waals surface area contributed by atoms with Crippen molar-refractivity contribution < 1.29 is 9.18 Å². The predicted molar refractivity (Wildman–Crippen MR) is 77.8 cm³/mol. The predicted octanol–water partition coefficient (Wildman–Crippen LogP) is 2.86. The Morgan fingerprint density at radius 3 is 2.76 bits per heavy atom. The Balaban J connectivity index is 1.94. The number of nitrogens with one attached hydrogen (secondary N) is 1. The number of nitrogens with zero attached hydrogens (tertiary/aromatic N) is 1. The molecule has 0 saturated carbocycles. The molecular formula is C17H15FN2O. The fraction of sp³-hybridized carbons (Fsp3) is 0.176. The SMILES string of the molecule is Cc1cccc(CC(=O)NCc2ccc(C#N)cc2F)c1. The zero-order valence-electron chi connectivity index (χ0n) is 11.7. The summed E-state index contributed by atoms with van der Waals surface area (Å²) in [6, 6.07) is 13.8. The Bertz CT molecular complexity index is 704. The molecule has 2 rings (SSSR count). The molecule has 2 aromatic carbocycles. The van der Waals surface area contributed by atoms with Crippen LogP contribution in [0.15, 0.2) is 42.5 Å². The molecule has 2 aromatic rings. The zero-order valence-corrected chi connectivity index (χ0v) is 11.7. The van der Waals surface area contributed by atoms with Crippen LogP contribution in [-0.4, -0.2) is 5.91 Å². The van der Waals surface area contributed by atoms with E-state index in [9.17, 15) is 9.18 Å². The first-order valence-electron chi connectivity index (χ1n) is 6.59. The van der Waals surface area contributed by atoms with Gasteiger partial charge >= 0.3 is 0 Å². The van der Waals surface area contributed by atoms with Gasteiger partial charge in [-0.2, -0.15) is 5.26 Å². The van der Waals surface area contributed by atoms with Crippen LogP contribution in [0.2, 0.25) is 0 Å². The van der Waals surface area contributed by atoms with Crippen molar-refractivity contribution in [1.82, 2.24) is 5.32 Å². The lowest BCUT2D eigenvalue weighted by Crippen LogP contribution is -2.25. The van der Waals surface area contributed by atoms with E-state index in [-0.39, 0.29) is 24.4 Å². The first-order valence-corrected chi connectivity index (χ1v) is 6.59. The summed E-state index contributed by atoms with van der Waals surface area (Å²) in [5, 5.41) is 11.4. The third-order valence-corrected chi connectivity index (χ3v) is 3.11. The summed E-state index contributed by atoms with van der Waals surface area (Å²) in [6.07, 6.45) is 0.263. The molecule has 0 spiro atoms. The molecular weight excluding hydrogens is 267 g/mol. The first kappa shape index (κ1) is 14.7. The molecule has 0 aliphatic heterocycles. The second-order valence-corrected chi connectivity index (χ2v) is 4.86. The highest BCUT2D eigenvalue weighted by Gasteiger charge is 2.07. The van der Waals surface area contributed by atoms with E-state index in [1.807, 2.05) is 37.3 Å². The van der Waals surface area contributed by atoms with E-state index in [2.05, 4.69) is 5.32 Å². The van der Waals surface area contributed by atoms with Gasteiger partial charge in [0.05, 0.1) is 18.1 Å². The van der Waals surface area contributed by atoms with Crippen molar-refractivity contribution in [2.75, 3.05) is 0 Å². The molecule has 21 heavy (non-hydrogen) atoms. The van der Waals surface area contributed by atoms with Crippen LogP contribution in [0.5, 0.6) is 0 Å². The molecule has 0 heterocycles. The van der Waals surface area contributed by atoms with Crippen molar-refractivity contribution in [2.45, 2.75) is 19.9 Å². The average molecular weight is 282 g/mol. The molecule has 0 unspecified atom stereocenters. The van der Waals surface area contributed by atoms with Gasteiger partial charge < -0.3 is 5.32 Å². The number of benzene rings is 2. The largest absolute Gasteiger partial charge is 0.352 e. The standard InChI is InChI=1S/C17H15FN2O/c1-12-3-2-4-13(7-12)9-17(21)20-11-15-6-5-14(10-19)8-16(15)18/h2-8H,9,11H2,1H3,(H,20,21). The number of hydrogen-bond acceptors (Lipinski definition) is 2. The van der Waals surface area contributed by atoms with E-state index in [0.29, 0.717) is 5.56 Å². The molecule has 1 amide bonds. The number of nitriles is 1. The Kier molecular flexibility index (Phi) is 4.68. The fourth-order valence-corrected chi connectivity index (χ4v) is 2.02. The van der Waals surface area contributed by atoms with Gasteiger partial charge in [0.2, 0.25) is 5.91 Å². The summed E-state index contributed by atoms with van der Waals surface area (Å²) >= 11 is 0. The lowest BCUT2D eigenvalue weighted by atomic mass is 10.1. The maximum Gasteiger partial charge on any atom is 0.224 e. The van der Waals surface area contributed by atoms with Gasteiger partial charge in [0.15, 0.2) is 0 Å². The van der Waals surface area contributed by atoms with Gasteiger partial charge in [-0.1, -0.05) is 35.9 Å². The van der Waals surface area contributed by atoms with Crippen LogP contribution >= 0.6 is 0 Å². The highest BCUT2D eigenvalue weighted by Crippen LogP contribution is 2.10. The fourth-order valence-electron chi connectivity index (χ4n) is 2.02. The summed E-state index contributed by atoms with van der Waals surface area (Å²) in [6.45, 7) is 2.08. The Morgan fingerprint density at radius 1 is 1.29 bits per heavy atom. The quantitative estimate of drug-likeness (QED) is 0.937. The zero-order chi connectivity index (χ0) is 15.2. The van der Waals surface area contributed by atoms with E-state index >= 15 is 0 Å². The van der Waals surface area contributed by atoms with E-state index in [4.69, 9.17) is 5.26 Å². The Morgan fingerprint density at radius 2 is 2.10 bits per heavy atom.